The Hall–Kier alpha value is -2.76. The molecular formula is C19H26N4O2. The Morgan fingerprint density at radius 2 is 2.00 bits per heavy atom. The number of pyridine rings is 1. The van der Waals surface area contributed by atoms with Crippen LogP contribution in [0.25, 0.3) is 0 Å². The molecule has 1 N–H and O–H groups in total. The summed E-state index contributed by atoms with van der Waals surface area (Å²) >= 11 is 0. The lowest BCUT2D eigenvalue weighted by Crippen LogP contribution is -2.38. The van der Waals surface area contributed by atoms with Crippen molar-refractivity contribution in [1.29, 1.82) is 0 Å². The van der Waals surface area contributed by atoms with Gasteiger partial charge in [-0.25, -0.2) is 0 Å². The van der Waals surface area contributed by atoms with E-state index in [2.05, 4.69) is 15.3 Å². The van der Waals surface area contributed by atoms with Crippen molar-refractivity contribution < 1.29 is 9.47 Å². The average molecular weight is 342 g/mol. The number of nitrogens with one attached hydrogen (secondary N) is 1. The van der Waals surface area contributed by atoms with Gasteiger partial charge in [0.25, 0.3) is 0 Å². The molecule has 1 heterocycles. The molecule has 0 aliphatic heterocycles. The summed E-state index contributed by atoms with van der Waals surface area (Å²) in [5.74, 6) is 2.36. The van der Waals surface area contributed by atoms with Gasteiger partial charge < -0.3 is 19.7 Å². The lowest BCUT2D eigenvalue weighted by molar-refractivity contribution is 0.382. The number of guanidine groups is 1. The van der Waals surface area contributed by atoms with Crippen molar-refractivity contribution in [3.63, 3.8) is 0 Å². The van der Waals surface area contributed by atoms with E-state index >= 15 is 0 Å². The van der Waals surface area contributed by atoms with Crippen molar-refractivity contribution >= 4 is 5.96 Å². The Morgan fingerprint density at radius 1 is 1.20 bits per heavy atom. The Bertz CT molecular complexity index is 731. The van der Waals surface area contributed by atoms with Crippen LogP contribution in [0.15, 0.2) is 41.4 Å². The molecule has 0 saturated heterocycles. The third-order valence-electron chi connectivity index (χ3n) is 3.85. The highest BCUT2D eigenvalue weighted by Crippen LogP contribution is 2.25. The van der Waals surface area contributed by atoms with Crippen molar-refractivity contribution in [2.45, 2.75) is 20.0 Å². The monoisotopic (exact) mass is 342 g/mol. The molecule has 1 aromatic heterocycles. The number of nitrogens with zero attached hydrogens (tertiary/aromatic N) is 3. The first-order valence-electron chi connectivity index (χ1n) is 8.12. The smallest absolute Gasteiger partial charge is 0.194 e. The number of aryl methyl sites for hydroxylation is 1. The largest absolute Gasteiger partial charge is 0.497 e. The summed E-state index contributed by atoms with van der Waals surface area (Å²) in [5.41, 5.74) is 3.05. The van der Waals surface area contributed by atoms with E-state index in [-0.39, 0.29) is 0 Å². The molecule has 0 aliphatic rings. The van der Waals surface area contributed by atoms with E-state index in [9.17, 15) is 0 Å². The summed E-state index contributed by atoms with van der Waals surface area (Å²) in [7, 11) is 7.07. The highest BCUT2D eigenvalue weighted by atomic mass is 16.5. The average Bonchev–Trinajstić information content (AvgIpc) is 2.62. The van der Waals surface area contributed by atoms with Crippen LogP contribution in [0.2, 0.25) is 0 Å². The molecule has 0 fully saturated rings. The molecule has 0 atom stereocenters. The number of hydrogen-bond acceptors (Lipinski definition) is 4. The second-order valence-electron chi connectivity index (χ2n) is 5.70. The van der Waals surface area contributed by atoms with E-state index in [0.29, 0.717) is 13.1 Å². The molecule has 6 heteroatoms. The molecule has 134 valence electrons. The van der Waals surface area contributed by atoms with Crippen LogP contribution in [0, 0.1) is 6.92 Å². The fraction of sp³-hybridized carbons (Fsp3) is 0.368. The zero-order valence-electron chi connectivity index (χ0n) is 15.5. The van der Waals surface area contributed by atoms with Gasteiger partial charge in [0.15, 0.2) is 5.96 Å². The fourth-order valence-electron chi connectivity index (χ4n) is 2.57. The minimum absolute atomic E-state index is 0.623. The van der Waals surface area contributed by atoms with Gasteiger partial charge >= 0.3 is 0 Å². The second kappa shape index (κ2) is 8.92. The van der Waals surface area contributed by atoms with Gasteiger partial charge in [-0.05, 0) is 31.2 Å². The Balaban J connectivity index is 2.04. The molecule has 0 amide bonds. The van der Waals surface area contributed by atoms with Crippen LogP contribution < -0.4 is 14.8 Å². The molecular weight excluding hydrogens is 316 g/mol. The Labute approximate surface area is 149 Å². The number of hydrogen-bond donors (Lipinski definition) is 1. The normalized spacial score (nSPS) is 11.2. The third kappa shape index (κ3) is 5.11. The number of methoxy groups -OCH3 is 2. The first-order chi connectivity index (χ1) is 12.1. The zero-order valence-corrected chi connectivity index (χ0v) is 15.5. The summed E-state index contributed by atoms with van der Waals surface area (Å²) in [5, 5.41) is 3.34. The Kier molecular flexibility index (Phi) is 6.62. The van der Waals surface area contributed by atoms with Crippen molar-refractivity contribution in [1.82, 2.24) is 15.2 Å². The standard InChI is InChI=1S/C19H26N4O2/c1-14-7-6-8-16(22-14)12-21-19(20-2)23(3)13-15-9-10-17(24-4)11-18(15)25-5/h6-11H,12-13H2,1-5H3,(H,20,21). The second-order valence-corrected chi connectivity index (χ2v) is 5.70. The quantitative estimate of drug-likeness (QED) is 0.646. The maximum absolute atomic E-state index is 5.47. The minimum Gasteiger partial charge on any atom is -0.497 e. The van der Waals surface area contributed by atoms with Crippen LogP contribution in [-0.4, -0.2) is 44.2 Å². The molecule has 0 unspecified atom stereocenters. The van der Waals surface area contributed by atoms with E-state index < -0.39 is 0 Å². The maximum atomic E-state index is 5.47. The van der Waals surface area contributed by atoms with Crippen LogP contribution in [-0.2, 0) is 13.1 Å². The highest BCUT2D eigenvalue weighted by molar-refractivity contribution is 5.79. The first-order valence-corrected chi connectivity index (χ1v) is 8.12. The van der Waals surface area contributed by atoms with Crippen LogP contribution in [0.3, 0.4) is 0 Å². The van der Waals surface area contributed by atoms with Crippen molar-refractivity contribution in [2.24, 2.45) is 4.99 Å². The van der Waals surface area contributed by atoms with E-state index in [4.69, 9.17) is 9.47 Å². The number of benzene rings is 1. The lowest BCUT2D eigenvalue weighted by atomic mass is 10.2. The summed E-state index contributed by atoms with van der Waals surface area (Å²) in [4.78, 5) is 10.9. The van der Waals surface area contributed by atoms with Crippen LogP contribution in [0.5, 0.6) is 11.5 Å². The van der Waals surface area contributed by atoms with Gasteiger partial charge in [0.05, 0.1) is 26.5 Å². The van der Waals surface area contributed by atoms with E-state index in [1.165, 1.54) is 0 Å². The molecule has 1 aromatic carbocycles. The van der Waals surface area contributed by atoms with Gasteiger partial charge in [-0.1, -0.05) is 6.07 Å². The molecule has 0 radical (unpaired) electrons. The van der Waals surface area contributed by atoms with Gasteiger partial charge in [0, 0.05) is 38.0 Å². The van der Waals surface area contributed by atoms with Crippen molar-refractivity contribution in [3.8, 4) is 11.5 Å². The van der Waals surface area contributed by atoms with Crippen LogP contribution >= 0.6 is 0 Å². The van der Waals surface area contributed by atoms with Gasteiger partial charge in [-0.15, -0.1) is 0 Å². The topological polar surface area (TPSA) is 59.0 Å². The van der Waals surface area contributed by atoms with Crippen LogP contribution in [0.1, 0.15) is 17.0 Å². The number of rotatable bonds is 6. The molecule has 0 spiro atoms. The molecule has 6 nitrogen and oxygen atoms in total. The SMILES string of the molecule is CN=C(NCc1cccc(C)n1)N(C)Cc1ccc(OC)cc1OC. The Morgan fingerprint density at radius 3 is 2.64 bits per heavy atom. The van der Waals surface area contributed by atoms with Crippen LogP contribution in [0.4, 0.5) is 0 Å². The van der Waals surface area contributed by atoms with Crippen molar-refractivity contribution in [3.05, 3.63) is 53.3 Å². The molecule has 25 heavy (non-hydrogen) atoms. The number of aliphatic imine (C=N–C) groups is 1. The maximum Gasteiger partial charge on any atom is 0.194 e. The summed E-state index contributed by atoms with van der Waals surface area (Å²) in [6.45, 7) is 3.27. The molecule has 2 aromatic rings. The van der Waals surface area contributed by atoms with E-state index in [0.717, 1.165) is 34.4 Å². The number of aromatic nitrogens is 1. The minimum atomic E-state index is 0.623. The van der Waals surface area contributed by atoms with Crippen molar-refractivity contribution in [2.75, 3.05) is 28.3 Å². The zero-order chi connectivity index (χ0) is 18.2. The van der Waals surface area contributed by atoms with Gasteiger partial charge in [-0.3, -0.25) is 9.98 Å². The highest BCUT2D eigenvalue weighted by Gasteiger charge is 2.11. The van der Waals surface area contributed by atoms with E-state index in [1.807, 2.05) is 55.3 Å². The summed E-state index contributed by atoms with van der Waals surface area (Å²) < 4.78 is 10.7. The molecule has 0 bridgehead atoms. The van der Waals surface area contributed by atoms with Gasteiger partial charge in [0.2, 0.25) is 0 Å². The number of ether oxygens (including phenoxy) is 2. The predicted molar refractivity (Wildman–Crippen MR) is 100 cm³/mol. The summed E-state index contributed by atoms with van der Waals surface area (Å²) in [6.07, 6.45) is 0. The lowest BCUT2D eigenvalue weighted by Gasteiger charge is -2.23. The summed E-state index contributed by atoms with van der Waals surface area (Å²) in [6, 6.07) is 11.8. The van der Waals surface area contributed by atoms with Gasteiger partial charge in [0.1, 0.15) is 11.5 Å². The molecule has 2 rings (SSSR count). The molecule has 0 saturated carbocycles. The fourth-order valence-corrected chi connectivity index (χ4v) is 2.57. The molecule has 0 aliphatic carbocycles. The predicted octanol–water partition coefficient (Wildman–Crippen LogP) is 2.61. The van der Waals surface area contributed by atoms with E-state index in [1.54, 1.807) is 21.3 Å². The first kappa shape index (κ1) is 18.6. The third-order valence-corrected chi connectivity index (χ3v) is 3.85. The van der Waals surface area contributed by atoms with Gasteiger partial charge in [-0.2, -0.15) is 0 Å².